The Hall–Kier alpha value is -1.75. The second-order valence-electron chi connectivity index (χ2n) is 5.17. The van der Waals surface area contributed by atoms with E-state index in [0.29, 0.717) is 24.3 Å². The average Bonchev–Trinajstić information content (AvgIpc) is 3.18. The van der Waals surface area contributed by atoms with E-state index in [9.17, 15) is 9.90 Å². The largest absolute Gasteiger partial charge is 0.397 e. The summed E-state index contributed by atoms with van der Waals surface area (Å²) in [5.74, 6) is -0.116. The molecule has 1 saturated carbocycles. The summed E-state index contributed by atoms with van der Waals surface area (Å²) in [5, 5.41) is 15.2. The molecular formula is C14H21N3O2. The van der Waals surface area contributed by atoms with Crippen molar-refractivity contribution in [1.82, 2.24) is 5.32 Å². The predicted molar refractivity (Wildman–Crippen MR) is 76.1 cm³/mol. The molecule has 1 aliphatic carbocycles. The van der Waals surface area contributed by atoms with Gasteiger partial charge in [-0.15, -0.1) is 0 Å². The number of benzene rings is 1. The van der Waals surface area contributed by atoms with Gasteiger partial charge in [0.25, 0.3) is 5.91 Å². The number of hydrogen-bond donors (Lipinski definition) is 4. The molecule has 0 aromatic heterocycles. The second-order valence-corrected chi connectivity index (χ2v) is 5.17. The molecule has 0 radical (unpaired) electrons. The highest BCUT2D eigenvalue weighted by atomic mass is 16.3. The minimum atomic E-state index is -0.116. The van der Waals surface area contributed by atoms with Crippen molar-refractivity contribution in [2.75, 3.05) is 30.7 Å². The zero-order valence-electron chi connectivity index (χ0n) is 11.2. The van der Waals surface area contributed by atoms with Crippen LogP contribution in [0.15, 0.2) is 18.2 Å². The minimum absolute atomic E-state index is 0.0324. The molecule has 2 rings (SSSR count). The number of rotatable bonds is 6. The first-order chi connectivity index (χ1) is 9.10. The number of hydrogen-bond acceptors (Lipinski definition) is 4. The third kappa shape index (κ3) is 3.17. The molecule has 1 aromatic rings. The van der Waals surface area contributed by atoms with Crippen molar-refractivity contribution in [1.29, 1.82) is 0 Å². The summed E-state index contributed by atoms with van der Waals surface area (Å²) in [4.78, 5) is 11.7. The maximum Gasteiger partial charge on any atom is 0.251 e. The Morgan fingerprint density at radius 3 is 2.74 bits per heavy atom. The molecule has 0 unspecified atom stereocenters. The lowest BCUT2D eigenvalue weighted by Crippen LogP contribution is -2.23. The van der Waals surface area contributed by atoms with Crippen LogP contribution in [-0.2, 0) is 0 Å². The molecule has 5 heteroatoms. The summed E-state index contributed by atoms with van der Waals surface area (Å²) in [6, 6.07) is 5.24. The van der Waals surface area contributed by atoms with E-state index >= 15 is 0 Å². The molecule has 19 heavy (non-hydrogen) atoms. The number of nitrogen functional groups attached to an aromatic ring is 1. The van der Waals surface area contributed by atoms with E-state index in [1.165, 1.54) is 0 Å². The molecule has 0 atom stereocenters. The van der Waals surface area contributed by atoms with Crippen molar-refractivity contribution in [3.8, 4) is 0 Å². The lowest BCUT2D eigenvalue weighted by atomic mass is 10.1. The normalized spacial score (nSPS) is 15.9. The van der Waals surface area contributed by atoms with E-state index in [4.69, 9.17) is 5.73 Å². The van der Waals surface area contributed by atoms with E-state index in [1.54, 1.807) is 12.1 Å². The first kappa shape index (κ1) is 13.7. The highest BCUT2D eigenvalue weighted by molar-refractivity contribution is 5.96. The van der Waals surface area contributed by atoms with Crippen molar-refractivity contribution in [2.24, 2.45) is 5.41 Å². The van der Waals surface area contributed by atoms with Gasteiger partial charge in [-0.2, -0.15) is 0 Å². The third-order valence-corrected chi connectivity index (χ3v) is 3.60. The van der Waals surface area contributed by atoms with Gasteiger partial charge < -0.3 is 21.5 Å². The Labute approximate surface area is 113 Å². The van der Waals surface area contributed by atoms with E-state index in [-0.39, 0.29) is 17.9 Å². The van der Waals surface area contributed by atoms with Gasteiger partial charge in [-0.25, -0.2) is 0 Å². The summed E-state index contributed by atoms with van der Waals surface area (Å²) < 4.78 is 0. The summed E-state index contributed by atoms with van der Waals surface area (Å²) >= 11 is 0. The molecule has 1 amide bonds. The number of carbonyl (C=O) groups is 1. The van der Waals surface area contributed by atoms with Crippen LogP contribution >= 0.6 is 0 Å². The molecule has 5 N–H and O–H groups in total. The first-order valence-corrected chi connectivity index (χ1v) is 6.63. The molecule has 0 saturated heterocycles. The van der Waals surface area contributed by atoms with Crippen molar-refractivity contribution in [2.45, 2.75) is 19.8 Å². The van der Waals surface area contributed by atoms with E-state index in [1.807, 2.05) is 13.0 Å². The topological polar surface area (TPSA) is 87.4 Å². The van der Waals surface area contributed by atoms with Crippen LogP contribution in [0.1, 0.15) is 30.1 Å². The lowest BCUT2D eigenvalue weighted by molar-refractivity contribution is 0.0956. The smallest absolute Gasteiger partial charge is 0.251 e. The molecule has 5 nitrogen and oxygen atoms in total. The predicted octanol–water partition coefficient (Wildman–Crippen LogP) is 1.20. The van der Waals surface area contributed by atoms with Gasteiger partial charge in [-0.05, 0) is 38.0 Å². The van der Waals surface area contributed by atoms with Crippen LogP contribution < -0.4 is 16.4 Å². The molecule has 0 aliphatic heterocycles. The first-order valence-electron chi connectivity index (χ1n) is 6.63. The fourth-order valence-electron chi connectivity index (χ4n) is 1.98. The third-order valence-electron chi connectivity index (χ3n) is 3.60. The van der Waals surface area contributed by atoms with Gasteiger partial charge >= 0.3 is 0 Å². The van der Waals surface area contributed by atoms with Crippen LogP contribution in [0.5, 0.6) is 0 Å². The van der Waals surface area contributed by atoms with Crippen molar-refractivity contribution in [3.63, 3.8) is 0 Å². The summed E-state index contributed by atoms with van der Waals surface area (Å²) in [6.45, 7) is 3.39. The van der Waals surface area contributed by atoms with Gasteiger partial charge in [-0.3, -0.25) is 4.79 Å². The highest BCUT2D eigenvalue weighted by Crippen LogP contribution is 2.45. The zero-order valence-corrected chi connectivity index (χ0v) is 11.2. The van der Waals surface area contributed by atoms with Crippen LogP contribution in [0.3, 0.4) is 0 Å². The zero-order chi connectivity index (χ0) is 13.9. The van der Waals surface area contributed by atoms with Crippen molar-refractivity contribution < 1.29 is 9.90 Å². The highest BCUT2D eigenvalue weighted by Gasteiger charge is 2.41. The Morgan fingerprint density at radius 2 is 2.21 bits per heavy atom. The number of carbonyl (C=O) groups excluding carboxylic acids is 1. The summed E-state index contributed by atoms with van der Waals surface area (Å²) in [5.41, 5.74) is 7.90. The van der Waals surface area contributed by atoms with Crippen molar-refractivity contribution >= 4 is 17.3 Å². The van der Waals surface area contributed by atoms with E-state index < -0.39 is 0 Å². The van der Waals surface area contributed by atoms with E-state index in [2.05, 4.69) is 10.6 Å². The second kappa shape index (κ2) is 5.48. The fourth-order valence-corrected chi connectivity index (χ4v) is 1.98. The van der Waals surface area contributed by atoms with Gasteiger partial charge in [0, 0.05) is 24.1 Å². The number of amides is 1. The standard InChI is InChI=1S/C14H21N3O2/c1-2-16-13(19)10-3-4-12(11(15)7-10)17-8-14(9-18)5-6-14/h3-4,7,17-18H,2,5-6,8-9,15H2,1H3,(H,16,19). The SMILES string of the molecule is CCNC(=O)c1ccc(NCC2(CO)CC2)c(N)c1. The fraction of sp³-hybridized carbons (Fsp3) is 0.500. The monoisotopic (exact) mass is 263 g/mol. The molecule has 104 valence electrons. The van der Waals surface area contributed by atoms with Crippen LogP contribution in [0.2, 0.25) is 0 Å². The number of aliphatic hydroxyl groups excluding tert-OH is 1. The summed E-state index contributed by atoms with van der Waals surface area (Å²) in [6.07, 6.45) is 2.10. The molecule has 1 aromatic carbocycles. The number of nitrogens with two attached hydrogens (primary N) is 1. The molecular weight excluding hydrogens is 242 g/mol. The number of anilines is 2. The van der Waals surface area contributed by atoms with Crippen LogP contribution in [0.25, 0.3) is 0 Å². The lowest BCUT2D eigenvalue weighted by Gasteiger charge is -2.15. The molecule has 1 fully saturated rings. The Kier molecular flexibility index (Phi) is 3.95. The van der Waals surface area contributed by atoms with Crippen LogP contribution in [0.4, 0.5) is 11.4 Å². The number of aliphatic hydroxyl groups is 1. The quantitative estimate of drug-likeness (QED) is 0.581. The van der Waals surface area contributed by atoms with Gasteiger partial charge in [0.15, 0.2) is 0 Å². The van der Waals surface area contributed by atoms with Crippen molar-refractivity contribution in [3.05, 3.63) is 23.8 Å². The Bertz CT molecular complexity index is 470. The van der Waals surface area contributed by atoms with Gasteiger partial charge in [0.05, 0.1) is 18.0 Å². The molecule has 0 spiro atoms. The Morgan fingerprint density at radius 1 is 1.47 bits per heavy atom. The van der Waals surface area contributed by atoms with Gasteiger partial charge in [0.2, 0.25) is 0 Å². The van der Waals surface area contributed by atoms with Gasteiger partial charge in [0.1, 0.15) is 0 Å². The molecule has 1 aliphatic rings. The molecule has 0 heterocycles. The average molecular weight is 263 g/mol. The maximum absolute atomic E-state index is 11.7. The molecule has 0 bridgehead atoms. The maximum atomic E-state index is 11.7. The summed E-state index contributed by atoms with van der Waals surface area (Å²) in [7, 11) is 0. The van der Waals surface area contributed by atoms with Crippen LogP contribution in [0, 0.1) is 5.41 Å². The number of nitrogens with one attached hydrogen (secondary N) is 2. The Balaban J connectivity index is 2.01. The van der Waals surface area contributed by atoms with E-state index in [0.717, 1.165) is 18.5 Å². The minimum Gasteiger partial charge on any atom is -0.397 e. The van der Waals surface area contributed by atoms with Crippen LogP contribution in [-0.4, -0.2) is 30.7 Å². The van der Waals surface area contributed by atoms with Gasteiger partial charge in [-0.1, -0.05) is 0 Å².